The van der Waals surface area contributed by atoms with Crippen molar-refractivity contribution in [2.45, 2.75) is 12.8 Å². The molecular formula is C31H38N8O3S. The predicted molar refractivity (Wildman–Crippen MR) is 170 cm³/mol. The first kappa shape index (κ1) is 28.9. The molecule has 2 saturated heterocycles. The second-order valence-corrected chi connectivity index (χ2v) is 13.5. The van der Waals surface area contributed by atoms with Crippen LogP contribution in [0, 0.1) is 5.92 Å². The highest BCUT2D eigenvalue weighted by molar-refractivity contribution is 7.92. The van der Waals surface area contributed by atoms with Crippen molar-refractivity contribution in [2.75, 3.05) is 74.1 Å². The van der Waals surface area contributed by atoms with E-state index in [2.05, 4.69) is 39.3 Å². The summed E-state index contributed by atoms with van der Waals surface area (Å²) < 4.78 is 27.6. The number of sulfonamides is 1. The quantitative estimate of drug-likeness (QED) is 0.343. The van der Waals surface area contributed by atoms with E-state index in [-0.39, 0.29) is 5.92 Å². The van der Waals surface area contributed by atoms with Crippen LogP contribution in [0.25, 0.3) is 16.8 Å². The highest BCUT2D eigenvalue weighted by Gasteiger charge is 2.30. The molecule has 6 rings (SSSR count). The Bertz CT molecular complexity index is 1710. The summed E-state index contributed by atoms with van der Waals surface area (Å²) in [6, 6.07) is 19.3. The van der Waals surface area contributed by atoms with Gasteiger partial charge in [0.25, 0.3) is 0 Å². The number of carbonyl (C=O) groups is 1. The summed E-state index contributed by atoms with van der Waals surface area (Å²) in [6.07, 6.45) is 4.87. The molecule has 11 nitrogen and oxygen atoms in total. The zero-order valence-electron chi connectivity index (χ0n) is 24.8. The van der Waals surface area contributed by atoms with E-state index in [0.29, 0.717) is 17.5 Å². The van der Waals surface area contributed by atoms with Crippen LogP contribution in [0.4, 0.5) is 23.0 Å². The summed E-state index contributed by atoms with van der Waals surface area (Å²) in [4.78, 5) is 24.3. The van der Waals surface area contributed by atoms with Crippen molar-refractivity contribution in [3.05, 3.63) is 66.9 Å². The minimum absolute atomic E-state index is 0.0354. The zero-order chi connectivity index (χ0) is 30.1. The SMILES string of the molecule is CN1CCN(C(=O)C2CCCN(c3ccc(Nc4ncc5ccc(-c6ccccc6N(C)S(C)(=O)=O)n5n4)cc3)C2)CC1. The maximum absolute atomic E-state index is 13.2. The topological polar surface area (TPSA) is 106 Å². The molecule has 0 radical (unpaired) electrons. The number of rotatable bonds is 7. The maximum Gasteiger partial charge on any atom is 0.245 e. The van der Waals surface area contributed by atoms with E-state index in [1.54, 1.807) is 23.8 Å². The molecule has 2 aromatic heterocycles. The third kappa shape index (κ3) is 6.16. The molecule has 1 atom stereocenters. The van der Waals surface area contributed by atoms with Crippen LogP contribution in [-0.4, -0.2) is 98.3 Å². The van der Waals surface area contributed by atoms with Gasteiger partial charge in [0.2, 0.25) is 21.9 Å². The van der Waals surface area contributed by atoms with Gasteiger partial charge >= 0.3 is 0 Å². The Morgan fingerprint density at radius 1 is 0.977 bits per heavy atom. The van der Waals surface area contributed by atoms with Gasteiger partial charge in [-0.1, -0.05) is 18.2 Å². The van der Waals surface area contributed by atoms with Gasteiger partial charge in [-0.2, -0.15) is 0 Å². The number of hydrogen-bond donors (Lipinski definition) is 1. The normalized spacial score (nSPS) is 18.2. The molecule has 1 amide bonds. The van der Waals surface area contributed by atoms with Crippen LogP contribution in [0.2, 0.25) is 0 Å². The van der Waals surface area contributed by atoms with E-state index >= 15 is 0 Å². The average molecular weight is 603 g/mol. The lowest BCUT2D eigenvalue weighted by Gasteiger charge is -2.38. The van der Waals surface area contributed by atoms with Crippen LogP contribution in [0.3, 0.4) is 0 Å². The maximum atomic E-state index is 13.2. The van der Waals surface area contributed by atoms with E-state index in [9.17, 15) is 13.2 Å². The number of nitrogens with one attached hydrogen (secondary N) is 1. The number of anilines is 4. The number of para-hydroxylation sites is 1. The average Bonchev–Trinajstić information content (AvgIpc) is 3.44. The number of carbonyl (C=O) groups excluding carboxylic acids is 1. The van der Waals surface area contributed by atoms with E-state index < -0.39 is 10.0 Å². The molecule has 43 heavy (non-hydrogen) atoms. The van der Waals surface area contributed by atoms with Crippen molar-refractivity contribution in [3.63, 3.8) is 0 Å². The Morgan fingerprint density at radius 3 is 2.47 bits per heavy atom. The second kappa shape index (κ2) is 11.8. The summed E-state index contributed by atoms with van der Waals surface area (Å²) in [5, 5.41) is 8.03. The fourth-order valence-corrected chi connectivity index (χ4v) is 6.41. The van der Waals surface area contributed by atoms with Gasteiger partial charge < -0.3 is 20.0 Å². The Hall–Kier alpha value is -4.16. The van der Waals surface area contributed by atoms with Crippen LogP contribution in [0.5, 0.6) is 0 Å². The number of hydrogen-bond acceptors (Lipinski definition) is 8. The number of benzene rings is 2. The molecule has 0 aliphatic carbocycles. The summed E-state index contributed by atoms with van der Waals surface area (Å²) in [6.45, 7) is 5.18. The van der Waals surface area contributed by atoms with Gasteiger partial charge in [-0.3, -0.25) is 9.10 Å². The van der Waals surface area contributed by atoms with Crippen LogP contribution in [0.15, 0.2) is 66.9 Å². The first-order valence-electron chi connectivity index (χ1n) is 14.6. The van der Waals surface area contributed by atoms with Crippen molar-refractivity contribution in [3.8, 4) is 11.3 Å². The summed E-state index contributed by atoms with van der Waals surface area (Å²) >= 11 is 0. The number of piperidine rings is 1. The molecule has 4 heterocycles. The molecule has 1 unspecified atom stereocenters. The first-order valence-corrected chi connectivity index (χ1v) is 16.5. The fourth-order valence-electron chi connectivity index (χ4n) is 5.89. The molecule has 2 aliphatic heterocycles. The minimum atomic E-state index is -3.44. The van der Waals surface area contributed by atoms with Crippen LogP contribution in [-0.2, 0) is 14.8 Å². The van der Waals surface area contributed by atoms with Gasteiger partial charge in [-0.25, -0.2) is 17.9 Å². The summed E-state index contributed by atoms with van der Waals surface area (Å²) in [7, 11) is 0.209. The predicted octanol–water partition coefficient (Wildman–Crippen LogP) is 3.53. The van der Waals surface area contributed by atoms with E-state index in [0.717, 1.165) is 80.3 Å². The molecule has 0 spiro atoms. The zero-order valence-corrected chi connectivity index (χ0v) is 25.7. The monoisotopic (exact) mass is 602 g/mol. The highest BCUT2D eigenvalue weighted by Crippen LogP contribution is 2.33. The molecule has 4 aromatic rings. The first-order chi connectivity index (χ1) is 20.7. The van der Waals surface area contributed by atoms with Crippen LogP contribution < -0.4 is 14.5 Å². The highest BCUT2D eigenvalue weighted by atomic mass is 32.2. The van der Waals surface area contributed by atoms with E-state index in [4.69, 9.17) is 5.10 Å². The summed E-state index contributed by atoms with van der Waals surface area (Å²) in [5.41, 5.74) is 4.80. The van der Waals surface area contributed by atoms with Crippen LogP contribution >= 0.6 is 0 Å². The lowest BCUT2D eigenvalue weighted by molar-refractivity contribution is -0.137. The molecule has 2 aromatic carbocycles. The molecule has 12 heteroatoms. The lowest BCUT2D eigenvalue weighted by atomic mass is 9.95. The summed E-state index contributed by atoms with van der Waals surface area (Å²) in [5.74, 6) is 0.745. The third-order valence-electron chi connectivity index (χ3n) is 8.49. The minimum Gasteiger partial charge on any atom is -0.371 e. The van der Waals surface area contributed by atoms with Gasteiger partial charge in [0, 0.05) is 63.3 Å². The number of piperazine rings is 1. The molecule has 2 fully saturated rings. The standard InChI is InChI=1S/C31H38N8O3S/c1-35-17-19-37(20-18-35)30(40)23-7-6-16-38(22-23)25-12-10-24(11-13-25)33-31-32-21-26-14-15-29(39(26)34-31)27-8-4-5-9-28(27)36(2)43(3,41)42/h4-5,8-15,21,23H,6-7,16-20,22H2,1-3H3,(H,33,34). The van der Waals surface area contributed by atoms with Crippen molar-refractivity contribution in [1.82, 2.24) is 24.4 Å². The van der Waals surface area contributed by atoms with Crippen molar-refractivity contribution < 1.29 is 13.2 Å². The smallest absolute Gasteiger partial charge is 0.245 e. The molecular weight excluding hydrogens is 564 g/mol. The molecule has 226 valence electrons. The number of amides is 1. The second-order valence-electron chi connectivity index (χ2n) is 11.5. The van der Waals surface area contributed by atoms with Gasteiger partial charge in [0.15, 0.2) is 0 Å². The molecule has 1 N–H and O–H groups in total. The van der Waals surface area contributed by atoms with Crippen molar-refractivity contribution in [1.29, 1.82) is 0 Å². The van der Waals surface area contributed by atoms with Gasteiger partial charge in [0.1, 0.15) is 0 Å². The Labute approximate surface area is 252 Å². The van der Waals surface area contributed by atoms with Gasteiger partial charge in [-0.15, -0.1) is 5.10 Å². The Balaban J connectivity index is 1.17. The van der Waals surface area contributed by atoms with Gasteiger partial charge in [-0.05, 0) is 62.4 Å². The number of aromatic nitrogens is 3. The van der Waals surface area contributed by atoms with E-state index in [1.165, 1.54) is 10.6 Å². The van der Waals surface area contributed by atoms with Gasteiger partial charge in [0.05, 0.1) is 35.3 Å². The lowest BCUT2D eigenvalue weighted by Crippen LogP contribution is -2.51. The molecule has 0 bridgehead atoms. The Morgan fingerprint density at radius 2 is 1.72 bits per heavy atom. The number of likely N-dealkylation sites (N-methyl/N-ethyl adjacent to an activating group) is 1. The number of fused-ring (bicyclic) bond motifs is 1. The largest absolute Gasteiger partial charge is 0.371 e. The van der Waals surface area contributed by atoms with Crippen molar-refractivity contribution in [2.24, 2.45) is 5.92 Å². The third-order valence-corrected chi connectivity index (χ3v) is 9.68. The Kier molecular flexibility index (Phi) is 7.97. The van der Waals surface area contributed by atoms with E-state index in [1.807, 2.05) is 47.4 Å². The van der Waals surface area contributed by atoms with Crippen molar-refractivity contribution >= 4 is 44.5 Å². The number of nitrogens with zero attached hydrogens (tertiary/aromatic N) is 7. The van der Waals surface area contributed by atoms with Crippen LogP contribution in [0.1, 0.15) is 12.8 Å². The molecule has 2 aliphatic rings. The fraction of sp³-hybridized carbons (Fsp3) is 0.387. The molecule has 0 saturated carbocycles.